The Morgan fingerprint density at radius 1 is 1.47 bits per heavy atom. The molecule has 0 fully saturated rings. The normalized spacial score (nSPS) is 12.5. The van der Waals surface area contributed by atoms with Crippen LogP contribution in [0.3, 0.4) is 0 Å². The van der Waals surface area contributed by atoms with Crippen LogP contribution in [0.2, 0.25) is 0 Å². The lowest BCUT2D eigenvalue weighted by molar-refractivity contribution is 0.513. The van der Waals surface area contributed by atoms with E-state index in [0.29, 0.717) is 6.04 Å². The Balaban J connectivity index is 2.87. The van der Waals surface area contributed by atoms with Gasteiger partial charge in [-0.1, -0.05) is 46.1 Å². The maximum absolute atomic E-state index is 3.98. The third kappa shape index (κ3) is 4.64. The van der Waals surface area contributed by atoms with Crippen LogP contribution in [0, 0.1) is 6.92 Å². The van der Waals surface area contributed by atoms with E-state index in [2.05, 4.69) is 66.8 Å². The summed E-state index contributed by atoms with van der Waals surface area (Å²) in [7, 11) is 0. The number of halogens is 1. The first-order valence-electron chi connectivity index (χ1n) is 6.18. The van der Waals surface area contributed by atoms with Gasteiger partial charge in [-0.25, -0.2) is 0 Å². The summed E-state index contributed by atoms with van der Waals surface area (Å²) >= 11 is 3.65. The first-order chi connectivity index (χ1) is 8.04. The zero-order chi connectivity index (χ0) is 12.8. The van der Waals surface area contributed by atoms with E-state index in [1.165, 1.54) is 21.2 Å². The molecule has 0 aliphatic heterocycles. The molecule has 2 heteroatoms. The monoisotopic (exact) mass is 295 g/mol. The van der Waals surface area contributed by atoms with Gasteiger partial charge in [0.05, 0.1) is 0 Å². The fraction of sp³-hybridized carbons (Fsp3) is 0.467. The summed E-state index contributed by atoms with van der Waals surface area (Å²) in [5.74, 6) is 0. The number of hydrogen-bond donors (Lipinski definition) is 1. The molecule has 1 aromatic rings. The van der Waals surface area contributed by atoms with Gasteiger partial charge in [-0.2, -0.15) is 0 Å². The highest BCUT2D eigenvalue weighted by molar-refractivity contribution is 9.10. The Hall–Kier alpha value is -0.600. The minimum atomic E-state index is 0.408. The van der Waals surface area contributed by atoms with Gasteiger partial charge in [-0.15, -0.1) is 6.58 Å². The second-order valence-electron chi connectivity index (χ2n) is 4.63. The third-order valence-electron chi connectivity index (χ3n) is 2.84. The molecule has 0 heterocycles. The van der Waals surface area contributed by atoms with Crippen LogP contribution >= 0.6 is 15.9 Å². The number of rotatable bonds is 6. The summed E-state index contributed by atoms with van der Waals surface area (Å²) < 4.78 is 1.19. The Morgan fingerprint density at radius 3 is 2.76 bits per heavy atom. The molecule has 0 aromatic heterocycles. The Labute approximate surface area is 113 Å². The molecule has 0 amide bonds. The van der Waals surface area contributed by atoms with Crippen molar-refractivity contribution in [3.63, 3.8) is 0 Å². The van der Waals surface area contributed by atoms with Crippen LogP contribution in [0.5, 0.6) is 0 Å². The third-order valence-corrected chi connectivity index (χ3v) is 3.56. The SMILES string of the molecule is C=C(C)CCC(NCC)c1cc(C)ccc1Br. The molecule has 1 N–H and O–H groups in total. The number of nitrogens with one attached hydrogen (secondary N) is 1. The molecule has 1 unspecified atom stereocenters. The molecular weight excluding hydrogens is 274 g/mol. The van der Waals surface area contributed by atoms with Gasteiger partial charge in [-0.05, 0) is 44.9 Å². The summed E-state index contributed by atoms with van der Waals surface area (Å²) in [6.45, 7) is 11.3. The van der Waals surface area contributed by atoms with Crippen LogP contribution in [0.4, 0.5) is 0 Å². The molecule has 0 saturated heterocycles. The van der Waals surface area contributed by atoms with Crippen molar-refractivity contribution in [2.24, 2.45) is 0 Å². The highest BCUT2D eigenvalue weighted by atomic mass is 79.9. The van der Waals surface area contributed by atoms with E-state index < -0.39 is 0 Å². The van der Waals surface area contributed by atoms with Crippen molar-refractivity contribution >= 4 is 15.9 Å². The fourth-order valence-electron chi connectivity index (χ4n) is 1.93. The molecule has 17 heavy (non-hydrogen) atoms. The van der Waals surface area contributed by atoms with Gasteiger partial charge in [0.1, 0.15) is 0 Å². The first kappa shape index (κ1) is 14.5. The lowest BCUT2D eigenvalue weighted by Gasteiger charge is -2.20. The van der Waals surface area contributed by atoms with Crippen LogP contribution < -0.4 is 5.32 Å². The molecule has 0 spiro atoms. The molecule has 94 valence electrons. The lowest BCUT2D eigenvalue weighted by Crippen LogP contribution is -2.21. The highest BCUT2D eigenvalue weighted by Crippen LogP contribution is 2.28. The van der Waals surface area contributed by atoms with E-state index in [1.807, 2.05) is 0 Å². The zero-order valence-electron chi connectivity index (χ0n) is 11.0. The minimum Gasteiger partial charge on any atom is -0.310 e. The van der Waals surface area contributed by atoms with Gasteiger partial charge in [0.15, 0.2) is 0 Å². The van der Waals surface area contributed by atoms with Gasteiger partial charge in [0.25, 0.3) is 0 Å². The summed E-state index contributed by atoms with van der Waals surface area (Å²) in [4.78, 5) is 0. The first-order valence-corrected chi connectivity index (χ1v) is 6.97. The largest absolute Gasteiger partial charge is 0.310 e. The van der Waals surface area contributed by atoms with Crippen molar-refractivity contribution in [2.45, 2.75) is 39.7 Å². The van der Waals surface area contributed by atoms with Crippen LogP contribution in [0.1, 0.15) is 43.9 Å². The van der Waals surface area contributed by atoms with Crippen molar-refractivity contribution in [1.82, 2.24) is 5.32 Å². The molecular formula is C15H22BrN. The summed E-state index contributed by atoms with van der Waals surface area (Å²) in [6, 6.07) is 6.94. The van der Waals surface area contributed by atoms with E-state index in [1.54, 1.807) is 0 Å². The van der Waals surface area contributed by atoms with E-state index in [4.69, 9.17) is 0 Å². The second-order valence-corrected chi connectivity index (χ2v) is 5.49. The van der Waals surface area contributed by atoms with Gasteiger partial charge in [-0.3, -0.25) is 0 Å². The standard InChI is InChI=1S/C15H22BrN/c1-5-17-15(9-6-11(2)3)13-10-12(4)7-8-14(13)16/h7-8,10,15,17H,2,5-6,9H2,1,3-4H3. The number of hydrogen-bond acceptors (Lipinski definition) is 1. The maximum atomic E-state index is 3.98. The number of aryl methyl sites for hydroxylation is 1. The summed E-state index contributed by atoms with van der Waals surface area (Å²) in [6.07, 6.45) is 2.17. The molecule has 1 nitrogen and oxygen atoms in total. The van der Waals surface area contributed by atoms with Crippen LogP contribution in [0.15, 0.2) is 34.8 Å². The molecule has 1 aromatic carbocycles. The molecule has 0 radical (unpaired) electrons. The van der Waals surface area contributed by atoms with Crippen LogP contribution in [-0.2, 0) is 0 Å². The number of allylic oxidation sites excluding steroid dienone is 1. The summed E-state index contributed by atoms with van der Waals surface area (Å²) in [5.41, 5.74) is 3.91. The van der Waals surface area contributed by atoms with Gasteiger partial charge >= 0.3 is 0 Å². The van der Waals surface area contributed by atoms with Crippen LogP contribution in [-0.4, -0.2) is 6.54 Å². The van der Waals surface area contributed by atoms with E-state index in [9.17, 15) is 0 Å². The van der Waals surface area contributed by atoms with Crippen molar-refractivity contribution in [1.29, 1.82) is 0 Å². The quantitative estimate of drug-likeness (QED) is 0.746. The predicted octanol–water partition coefficient (Wildman–Crippen LogP) is 4.76. The molecule has 0 saturated carbocycles. The zero-order valence-corrected chi connectivity index (χ0v) is 12.6. The van der Waals surface area contributed by atoms with Crippen molar-refractivity contribution < 1.29 is 0 Å². The smallest absolute Gasteiger partial charge is 0.0334 e. The topological polar surface area (TPSA) is 12.0 Å². The summed E-state index contributed by atoms with van der Waals surface area (Å²) in [5, 5.41) is 3.55. The molecule has 0 aliphatic rings. The van der Waals surface area contributed by atoms with E-state index in [0.717, 1.165) is 19.4 Å². The van der Waals surface area contributed by atoms with Crippen LogP contribution in [0.25, 0.3) is 0 Å². The lowest BCUT2D eigenvalue weighted by atomic mass is 9.98. The Bertz CT molecular complexity index is 385. The van der Waals surface area contributed by atoms with Crippen molar-refractivity contribution in [3.05, 3.63) is 46.0 Å². The Morgan fingerprint density at radius 2 is 2.18 bits per heavy atom. The fourth-order valence-corrected chi connectivity index (χ4v) is 2.46. The van der Waals surface area contributed by atoms with E-state index >= 15 is 0 Å². The molecule has 0 aliphatic carbocycles. The van der Waals surface area contributed by atoms with Gasteiger partial charge < -0.3 is 5.32 Å². The predicted molar refractivity (Wildman–Crippen MR) is 79.3 cm³/mol. The molecule has 1 rings (SSSR count). The Kier molecular flexibility index (Phi) is 5.93. The van der Waals surface area contributed by atoms with Gasteiger partial charge in [0.2, 0.25) is 0 Å². The van der Waals surface area contributed by atoms with Crippen molar-refractivity contribution in [2.75, 3.05) is 6.54 Å². The van der Waals surface area contributed by atoms with E-state index in [-0.39, 0.29) is 0 Å². The number of benzene rings is 1. The molecule has 0 bridgehead atoms. The maximum Gasteiger partial charge on any atom is 0.0334 e. The van der Waals surface area contributed by atoms with Gasteiger partial charge in [0, 0.05) is 10.5 Å². The average molecular weight is 296 g/mol. The second kappa shape index (κ2) is 6.97. The highest BCUT2D eigenvalue weighted by Gasteiger charge is 2.13. The molecule has 1 atom stereocenters. The van der Waals surface area contributed by atoms with Crippen molar-refractivity contribution in [3.8, 4) is 0 Å². The average Bonchev–Trinajstić information content (AvgIpc) is 2.27. The minimum absolute atomic E-state index is 0.408.